The second-order valence-electron chi connectivity index (χ2n) is 3.78. The molecule has 2 rings (SSSR count). The van der Waals surface area contributed by atoms with Gasteiger partial charge in [-0.3, -0.25) is 11.3 Å². The zero-order valence-corrected chi connectivity index (χ0v) is 10.4. The van der Waals surface area contributed by atoms with Gasteiger partial charge in [-0.15, -0.1) is 10.2 Å². The summed E-state index contributed by atoms with van der Waals surface area (Å²) < 4.78 is 13.7. The highest BCUT2D eigenvalue weighted by molar-refractivity contribution is 6.30. The molecule has 6 nitrogen and oxygen atoms in total. The number of aromatic nitrogens is 4. The van der Waals surface area contributed by atoms with Crippen molar-refractivity contribution in [2.75, 3.05) is 0 Å². The first-order chi connectivity index (χ1) is 8.60. The van der Waals surface area contributed by atoms with Gasteiger partial charge in [-0.05, 0) is 23.4 Å². The molecule has 0 aliphatic rings. The molecule has 0 fully saturated rings. The number of hydrazine groups is 1. The van der Waals surface area contributed by atoms with Gasteiger partial charge in [0.05, 0.1) is 13.1 Å². The van der Waals surface area contributed by atoms with Gasteiger partial charge >= 0.3 is 0 Å². The third kappa shape index (κ3) is 2.81. The number of aryl methyl sites for hydroxylation is 1. The van der Waals surface area contributed by atoms with Gasteiger partial charge in [-0.25, -0.2) is 4.39 Å². The molecule has 1 aromatic heterocycles. The van der Waals surface area contributed by atoms with Gasteiger partial charge in [0, 0.05) is 17.0 Å². The SMILES string of the molecule is Cn1nnc(CC(NN)c2cc(Cl)ccc2F)n1. The molecule has 0 bridgehead atoms. The molecule has 0 saturated carbocycles. The van der Waals surface area contributed by atoms with E-state index in [1.807, 2.05) is 0 Å². The van der Waals surface area contributed by atoms with Crippen molar-refractivity contribution in [2.24, 2.45) is 12.9 Å². The zero-order chi connectivity index (χ0) is 13.1. The van der Waals surface area contributed by atoms with Gasteiger partial charge in [-0.2, -0.15) is 4.80 Å². The standard InChI is InChI=1S/C10H12ClFN6/c1-18-16-10(15-17-18)5-9(14-13)7-4-6(11)2-3-8(7)12/h2-4,9,14H,5,13H2,1H3. The lowest BCUT2D eigenvalue weighted by atomic mass is 10.0. The Labute approximate surface area is 108 Å². The van der Waals surface area contributed by atoms with E-state index in [0.717, 1.165) is 0 Å². The number of benzene rings is 1. The summed E-state index contributed by atoms with van der Waals surface area (Å²) in [6.45, 7) is 0. The van der Waals surface area contributed by atoms with Crippen molar-refractivity contribution in [2.45, 2.75) is 12.5 Å². The van der Waals surface area contributed by atoms with Gasteiger partial charge in [0.25, 0.3) is 0 Å². The monoisotopic (exact) mass is 270 g/mol. The molecule has 0 radical (unpaired) electrons. The van der Waals surface area contributed by atoms with Crippen molar-refractivity contribution in [3.8, 4) is 0 Å². The number of nitrogens with zero attached hydrogens (tertiary/aromatic N) is 4. The summed E-state index contributed by atoms with van der Waals surface area (Å²) in [5.41, 5.74) is 2.90. The van der Waals surface area contributed by atoms with Crippen LogP contribution in [-0.2, 0) is 13.5 Å². The van der Waals surface area contributed by atoms with Crippen molar-refractivity contribution in [1.29, 1.82) is 0 Å². The van der Waals surface area contributed by atoms with E-state index in [1.54, 1.807) is 7.05 Å². The molecule has 1 aromatic carbocycles. The number of hydrogen-bond donors (Lipinski definition) is 2. The van der Waals surface area contributed by atoms with Crippen LogP contribution in [0.5, 0.6) is 0 Å². The Morgan fingerprint density at radius 1 is 1.56 bits per heavy atom. The Kier molecular flexibility index (Phi) is 3.85. The predicted molar refractivity (Wildman–Crippen MR) is 64.0 cm³/mol. The molecule has 1 heterocycles. The van der Waals surface area contributed by atoms with E-state index >= 15 is 0 Å². The number of halogens is 2. The molecule has 96 valence electrons. The van der Waals surface area contributed by atoms with Gasteiger partial charge in [0.2, 0.25) is 0 Å². The summed E-state index contributed by atoms with van der Waals surface area (Å²) in [6.07, 6.45) is 0.321. The summed E-state index contributed by atoms with van der Waals surface area (Å²) in [5.74, 6) is 5.52. The van der Waals surface area contributed by atoms with Crippen LogP contribution in [-0.4, -0.2) is 20.2 Å². The molecular formula is C10H12ClFN6. The quantitative estimate of drug-likeness (QED) is 0.633. The van der Waals surface area contributed by atoms with E-state index in [4.69, 9.17) is 17.4 Å². The van der Waals surface area contributed by atoms with Crippen LogP contribution in [0.2, 0.25) is 5.02 Å². The van der Waals surface area contributed by atoms with E-state index < -0.39 is 6.04 Å². The highest BCUT2D eigenvalue weighted by Crippen LogP contribution is 2.22. The summed E-state index contributed by atoms with van der Waals surface area (Å²) in [6, 6.07) is 3.84. The Balaban J connectivity index is 2.25. The maximum absolute atomic E-state index is 13.7. The van der Waals surface area contributed by atoms with Gasteiger partial charge in [0.1, 0.15) is 5.82 Å². The molecule has 0 amide bonds. The fraction of sp³-hybridized carbons (Fsp3) is 0.300. The van der Waals surface area contributed by atoms with E-state index in [9.17, 15) is 4.39 Å². The Morgan fingerprint density at radius 2 is 2.33 bits per heavy atom. The van der Waals surface area contributed by atoms with E-state index in [1.165, 1.54) is 23.0 Å². The van der Waals surface area contributed by atoms with Gasteiger partial charge < -0.3 is 0 Å². The lowest BCUT2D eigenvalue weighted by Gasteiger charge is -2.15. The van der Waals surface area contributed by atoms with Crippen molar-refractivity contribution in [1.82, 2.24) is 25.6 Å². The predicted octanol–water partition coefficient (Wildman–Crippen LogP) is 0.750. The minimum absolute atomic E-state index is 0.321. The average Bonchev–Trinajstić information content (AvgIpc) is 2.75. The van der Waals surface area contributed by atoms with Crippen molar-refractivity contribution in [3.63, 3.8) is 0 Å². The van der Waals surface area contributed by atoms with E-state index in [0.29, 0.717) is 22.8 Å². The van der Waals surface area contributed by atoms with Crippen LogP contribution in [0, 0.1) is 5.82 Å². The number of rotatable bonds is 4. The molecule has 0 saturated heterocycles. The fourth-order valence-corrected chi connectivity index (χ4v) is 1.81. The number of tetrazole rings is 1. The van der Waals surface area contributed by atoms with Crippen LogP contribution in [0.1, 0.15) is 17.4 Å². The minimum Gasteiger partial charge on any atom is -0.271 e. The summed E-state index contributed by atoms with van der Waals surface area (Å²) in [5, 5.41) is 12.0. The molecule has 0 spiro atoms. The number of nitrogens with two attached hydrogens (primary N) is 1. The maximum Gasteiger partial charge on any atom is 0.176 e. The highest BCUT2D eigenvalue weighted by Gasteiger charge is 2.17. The first kappa shape index (κ1) is 12.9. The summed E-state index contributed by atoms with van der Waals surface area (Å²) >= 11 is 5.84. The molecule has 18 heavy (non-hydrogen) atoms. The largest absolute Gasteiger partial charge is 0.271 e. The third-order valence-electron chi connectivity index (χ3n) is 2.47. The number of hydrogen-bond acceptors (Lipinski definition) is 5. The van der Waals surface area contributed by atoms with Crippen LogP contribution in [0.25, 0.3) is 0 Å². The van der Waals surface area contributed by atoms with Crippen LogP contribution in [0.4, 0.5) is 4.39 Å². The van der Waals surface area contributed by atoms with Crippen LogP contribution < -0.4 is 11.3 Å². The first-order valence-corrected chi connectivity index (χ1v) is 5.62. The summed E-state index contributed by atoms with van der Waals surface area (Å²) in [4.78, 5) is 1.33. The Morgan fingerprint density at radius 3 is 2.94 bits per heavy atom. The van der Waals surface area contributed by atoms with E-state index in [-0.39, 0.29) is 5.82 Å². The lowest BCUT2D eigenvalue weighted by molar-refractivity contribution is 0.501. The van der Waals surface area contributed by atoms with Crippen LogP contribution in [0.15, 0.2) is 18.2 Å². The van der Waals surface area contributed by atoms with Crippen LogP contribution in [0.3, 0.4) is 0 Å². The maximum atomic E-state index is 13.7. The van der Waals surface area contributed by atoms with Crippen molar-refractivity contribution >= 4 is 11.6 Å². The molecule has 1 atom stereocenters. The average molecular weight is 271 g/mol. The lowest BCUT2D eigenvalue weighted by Crippen LogP contribution is -2.30. The Bertz CT molecular complexity index is 543. The minimum atomic E-state index is -0.465. The first-order valence-electron chi connectivity index (χ1n) is 5.24. The molecule has 0 aliphatic carbocycles. The molecular weight excluding hydrogens is 259 g/mol. The van der Waals surface area contributed by atoms with Crippen LogP contribution >= 0.6 is 11.6 Å². The highest BCUT2D eigenvalue weighted by atomic mass is 35.5. The van der Waals surface area contributed by atoms with E-state index in [2.05, 4.69) is 20.8 Å². The normalized spacial score (nSPS) is 12.7. The summed E-state index contributed by atoms with van der Waals surface area (Å²) in [7, 11) is 1.65. The molecule has 1 unspecified atom stereocenters. The zero-order valence-electron chi connectivity index (χ0n) is 9.64. The molecule has 3 N–H and O–H groups in total. The van der Waals surface area contributed by atoms with Gasteiger partial charge in [0.15, 0.2) is 5.82 Å². The second-order valence-corrected chi connectivity index (χ2v) is 4.22. The number of nitrogens with one attached hydrogen (secondary N) is 1. The fourth-order valence-electron chi connectivity index (χ4n) is 1.63. The molecule has 2 aromatic rings. The topological polar surface area (TPSA) is 81.7 Å². The molecule has 0 aliphatic heterocycles. The van der Waals surface area contributed by atoms with Gasteiger partial charge in [-0.1, -0.05) is 11.6 Å². The van der Waals surface area contributed by atoms with Crippen molar-refractivity contribution < 1.29 is 4.39 Å². The Hall–Kier alpha value is -1.57. The third-order valence-corrected chi connectivity index (χ3v) is 2.71. The second kappa shape index (κ2) is 5.38. The molecule has 8 heteroatoms. The smallest absolute Gasteiger partial charge is 0.176 e. The van der Waals surface area contributed by atoms with Crippen molar-refractivity contribution in [3.05, 3.63) is 40.4 Å².